The average molecular weight is 238 g/mol. The van der Waals surface area contributed by atoms with Crippen LogP contribution in [0.4, 0.5) is 0 Å². The molecule has 2 unspecified atom stereocenters. The minimum atomic E-state index is -0.299. The second-order valence-electron chi connectivity index (χ2n) is 4.67. The summed E-state index contributed by atoms with van der Waals surface area (Å²) in [5.41, 5.74) is 6.07. The predicted molar refractivity (Wildman–Crippen MR) is 67.1 cm³/mol. The van der Waals surface area contributed by atoms with Crippen LogP contribution < -0.4 is 11.1 Å². The minimum Gasteiger partial charge on any atom is -0.369 e. The van der Waals surface area contributed by atoms with Crippen LogP contribution in [0.5, 0.6) is 0 Å². The minimum absolute atomic E-state index is 0.0787. The van der Waals surface area contributed by atoms with Gasteiger partial charge in [0.05, 0.1) is 5.92 Å². The molecule has 1 rings (SSSR count). The van der Waals surface area contributed by atoms with Gasteiger partial charge >= 0.3 is 0 Å². The highest BCUT2D eigenvalue weighted by Gasteiger charge is 2.30. The van der Waals surface area contributed by atoms with Crippen LogP contribution in [0.2, 0.25) is 0 Å². The van der Waals surface area contributed by atoms with Gasteiger partial charge in [-0.3, -0.25) is 9.59 Å². The number of rotatable bonds is 4. The average Bonchev–Trinajstić information content (AvgIpc) is 2.29. The molecule has 4 heteroatoms. The molecule has 0 aromatic carbocycles. The Hall–Kier alpha value is -1.32. The maximum Gasteiger partial charge on any atom is 0.246 e. The first-order valence-corrected chi connectivity index (χ1v) is 6.33. The van der Waals surface area contributed by atoms with Gasteiger partial charge in [0.15, 0.2) is 0 Å². The lowest BCUT2D eigenvalue weighted by molar-refractivity contribution is -0.124. The Morgan fingerprint density at radius 1 is 1.35 bits per heavy atom. The number of carbonyl (C=O) groups excluding carboxylic acids is 2. The number of amides is 2. The van der Waals surface area contributed by atoms with E-state index in [1.54, 1.807) is 6.92 Å². The zero-order valence-corrected chi connectivity index (χ0v) is 10.7. The Bertz CT molecular complexity index is 323. The highest BCUT2D eigenvalue weighted by molar-refractivity contribution is 5.93. The Balaban J connectivity index is 2.62. The zero-order chi connectivity index (χ0) is 12.8. The van der Waals surface area contributed by atoms with E-state index in [0.29, 0.717) is 5.57 Å². The van der Waals surface area contributed by atoms with Crippen LogP contribution in [0.15, 0.2) is 11.6 Å². The molecule has 96 valence electrons. The molecule has 0 spiro atoms. The highest BCUT2D eigenvalue weighted by Crippen LogP contribution is 2.24. The number of nitrogens with one attached hydrogen (secondary N) is 1. The highest BCUT2D eigenvalue weighted by atomic mass is 16.2. The number of carbonyl (C=O) groups is 2. The van der Waals surface area contributed by atoms with E-state index in [-0.39, 0.29) is 23.8 Å². The van der Waals surface area contributed by atoms with Crippen LogP contribution in [-0.4, -0.2) is 17.9 Å². The molecule has 0 aromatic heterocycles. The normalized spacial score (nSPS) is 25.4. The molecule has 0 bridgehead atoms. The van der Waals surface area contributed by atoms with E-state index in [4.69, 9.17) is 5.73 Å². The third kappa shape index (κ3) is 3.88. The summed E-state index contributed by atoms with van der Waals surface area (Å²) in [5.74, 6) is -0.584. The van der Waals surface area contributed by atoms with Gasteiger partial charge in [-0.15, -0.1) is 0 Å². The Morgan fingerprint density at radius 3 is 2.59 bits per heavy atom. The van der Waals surface area contributed by atoms with E-state index >= 15 is 0 Å². The lowest BCUT2D eigenvalue weighted by Crippen LogP contribution is -2.47. The first kappa shape index (κ1) is 13.7. The Morgan fingerprint density at radius 2 is 2.00 bits per heavy atom. The summed E-state index contributed by atoms with van der Waals surface area (Å²) in [6.45, 7) is 3.78. The maximum absolute atomic E-state index is 11.8. The maximum atomic E-state index is 11.8. The van der Waals surface area contributed by atoms with E-state index in [1.165, 1.54) is 0 Å². The molecule has 4 nitrogen and oxygen atoms in total. The van der Waals surface area contributed by atoms with Crippen molar-refractivity contribution in [3.8, 4) is 0 Å². The van der Waals surface area contributed by atoms with Crippen LogP contribution in [0.25, 0.3) is 0 Å². The van der Waals surface area contributed by atoms with Crippen molar-refractivity contribution < 1.29 is 9.59 Å². The first-order valence-electron chi connectivity index (χ1n) is 6.33. The molecule has 0 aromatic rings. The quantitative estimate of drug-likeness (QED) is 0.728. The van der Waals surface area contributed by atoms with Gasteiger partial charge in [-0.05, 0) is 26.2 Å². The van der Waals surface area contributed by atoms with Gasteiger partial charge in [-0.1, -0.05) is 25.8 Å². The first-order chi connectivity index (χ1) is 8.06. The summed E-state index contributed by atoms with van der Waals surface area (Å²) >= 11 is 0. The SMILES string of the molecule is CC/C=C(\C)C(=O)NC1CCCCC1C(N)=O. The van der Waals surface area contributed by atoms with Crippen LogP contribution in [0.3, 0.4) is 0 Å². The van der Waals surface area contributed by atoms with Crippen molar-refractivity contribution in [2.24, 2.45) is 11.7 Å². The summed E-state index contributed by atoms with van der Waals surface area (Å²) in [4.78, 5) is 23.1. The zero-order valence-electron chi connectivity index (χ0n) is 10.7. The summed E-state index contributed by atoms with van der Waals surface area (Å²) in [6.07, 6.45) is 6.42. The largest absolute Gasteiger partial charge is 0.369 e. The standard InChI is InChI=1S/C13H22N2O2/c1-3-6-9(2)13(17)15-11-8-5-4-7-10(11)12(14)16/h6,10-11H,3-5,7-8H2,1-2H3,(H2,14,16)(H,15,17)/b9-6+. The molecule has 17 heavy (non-hydrogen) atoms. The summed E-state index contributed by atoms with van der Waals surface area (Å²) < 4.78 is 0. The molecular weight excluding hydrogens is 216 g/mol. The Kier molecular flexibility index (Phi) is 5.19. The number of nitrogens with two attached hydrogens (primary N) is 1. The van der Waals surface area contributed by atoms with Gasteiger partial charge in [0, 0.05) is 11.6 Å². The fourth-order valence-corrected chi connectivity index (χ4v) is 2.33. The van der Waals surface area contributed by atoms with Crippen LogP contribution in [0, 0.1) is 5.92 Å². The molecule has 1 aliphatic rings. The molecule has 0 heterocycles. The van der Waals surface area contributed by atoms with Crippen molar-refractivity contribution in [3.05, 3.63) is 11.6 Å². The molecular formula is C13H22N2O2. The second kappa shape index (κ2) is 6.42. The smallest absolute Gasteiger partial charge is 0.246 e. The predicted octanol–water partition coefficient (Wildman–Crippen LogP) is 1.50. The number of allylic oxidation sites excluding steroid dienone is 1. The molecule has 1 aliphatic carbocycles. The molecule has 0 radical (unpaired) electrons. The van der Waals surface area contributed by atoms with Crippen LogP contribution in [0.1, 0.15) is 46.0 Å². The molecule has 1 saturated carbocycles. The van der Waals surface area contributed by atoms with Crippen LogP contribution in [-0.2, 0) is 9.59 Å². The van der Waals surface area contributed by atoms with Crippen LogP contribution >= 0.6 is 0 Å². The summed E-state index contributed by atoms with van der Waals surface area (Å²) in [7, 11) is 0. The van der Waals surface area contributed by atoms with Crippen molar-refractivity contribution in [1.82, 2.24) is 5.32 Å². The van der Waals surface area contributed by atoms with Crippen molar-refractivity contribution in [1.29, 1.82) is 0 Å². The van der Waals surface area contributed by atoms with Crippen molar-refractivity contribution in [2.45, 2.75) is 52.0 Å². The topological polar surface area (TPSA) is 72.2 Å². The lowest BCUT2D eigenvalue weighted by Gasteiger charge is -2.30. The van der Waals surface area contributed by atoms with Gasteiger partial charge in [-0.25, -0.2) is 0 Å². The van der Waals surface area contributed by atoms with Crippen molar-refractivity contribution in [3.63, 3.8) is 0 Å². The number of hydrogen-bond acceptors (Lipinski definition) is 2. The lowest BCUT2D eigenvalue weighted by atomic mass is 9.84. The molecule has 2 amide bonds. The third-order valence-electron chi connectivity index (χ3n) is 3.32. The van der Waals surface area contributed by atoms with E-state index < -0.39 is 0 Å². The molecule has 0 aliphatic heterocycles. The number of primary amides is 1. The van der Waals surface area contributed by atoms with Crippen molar-refractivity contribution >= 4 is 11.8 Å². The Labute approximate surface area is 103 Å². The van der Waals surface area contributed by atoms with Gasteiger partial charge < -0.3 is 11.1 Å². The number of hydrogen-bond donors (Lipinski definition) is 2. The monoisotopic (exact) mass is 238 g/mol. The third-order valence-corrected chi connectivity index (χ3v) is 3.32. The van der Waals surface area contributed by atoms with E-state index in [2.05, 4.69) is 5.32 Å². The summed E-state index contributed by atoms with van der Waals surface area (Å²) in [5, 5.41) is 2.93. The van der Waals surface area contributed by atoms with E-state index in [0.717, 1.165) is 32.1 Å². The fraction of sp³-hybridized carbons (Fsp3) is 0.692. The molecule has 0 saturated heterocycles. The molecule has 3 N–H and O–H groups in total. The molecule has 2 atom stereocenters. The van der Waals surface area contributed by atoms with E-state index in [9.17, 15) is 9.59 Å². The van der Waals surface area contributed by atoms with Gasteiger partial charge in [0.2, 0.25) is 11.8 Å². The van der Waals surface area contributed by atoms with Gasteiger partial charge in [0.25, 0.3) is 0 Å². The summed E-state index contributed by atoms with van der Waals surface area (Å²) in [6, 6.07) is -0.0889. The van der Waals surface area contributed by atoms with E-state index in [1.807, 2.05) is 13.0 Å². The molecule has 1 fully saturated rings. The second-order valence-corrected chi connectivity index (χ2v) is 4.67. The fourth-order valence-electron chi connectivity index (χ4n) is 2.33. The van der Waals surface area contributed by atoms with Gasteiger partial charge in [0.1, 0.15) is 0 Å². The van der Waals surface area contributed by atoms with Crippen molar-refractivity contribution in [2.75, 3.05) is 0 Å². The van der Waals surface area contributed by atoms with Gasteiger partial charge in [-0.2, -0.15) is 0 Å².